The number of hydrogen-bond acceptors (Lipinski definition) is 0. The number of halogens is 1. The molecule has 0 unspecified atom stereocenters. The van der Waals surface area contributed by atoms with Crippen molar-refractivity contribution < 1.29 is 17.0 Å². The zero-order valence-corrected chi connectivity index (χ0v) is 15.5. The van der Waals surface area contributed by atoms with Gasteiger partial charge in [-0.3, -0.25) is 0 Å². The highest BCUT2D eigenvalue weighted by Gasteiger charge is 2.57. The van der Waals surface area contributed by atoms with Crippen LogP contribution < -0.4 is 32.9 Å². The molecule has 0 atom stereocenters. The molecule has 23 heavy (non-hydrogen) atoms. The topological polar surface area (TPSA) is 0 Å². The van der Waals surface area contributed by atoms with Crippen LogP contribution >= 0.6 is 7.26 Å². The van der Waals surface area contributed by atoms with Gasteiger partial charge in [0.2, 0.25) is 0 Å². The van der Waals surface area contributed by atoms with Gasteiger partial charge in [-0.05, 0) is 49.2 Å². The minimum Gasteiger partial charge on any atom is -1.00 e. The van der Waals surface area contributed by atoms with Gasteiger partial charge in [-0.15, -0.1) is 0 Å². The monoisotopic (exact) mass is 382 g/mol. The summed E-state index contributed by atoms with van der Waals surface area (Å²) in [5.41, 5.74) is 0.805. The summed E-state index contributed by atoms with van der Waals surface area (Å²) in [7, 11) is -1.51. The molecule has 1 aliphatic carbocycles. The van der Waals surface area contributed by atoms with E-state index in [1.165, 1.54) is 28.8 Å². The average molecular weight is 383 g/mol. The SMILES string of the molecule is [Br-].c1ccc([P+](c2ccccc2)(c2ccccc2)C2CC2)cc1. The average Bonchev–Trinajstić information content (AvgIpc) is 3.44. The minimum absolute atomic E-state index is 0. The van der Waals surface area contributed by atoms with E-state index in [4.69, 9.17) is 0 Å². The smallest absolute Gasteiger partial charge is 0.115 e. The molecule has 3 aromatic carbocycles. The summed E-state index contributed by atoms with van der Waals surface area (Å²) in [6, 6.07) is 33.6. The van der Waals surface area contributed by atoms with Gasteiger partial charge < -0.3 is 17.0 Å². The fourth-order valence-electron chi connectivity index (χ4n) is 3.53. The highest BCUT2D eigenvalue weighted by atomic mass is 79.9. The molecule has 0 aliphatic heterocycles. The van der Waals surface area contributed by atoms with Crippen molar-refractivity contribution in [3.63, 3.8) is 0 Å². The number of benzene rings is 3. The van der Waals surface area contributed by atoms with Crippen LogP contribution in [0.15, 0.2) is 91.0 Å². The Bertz CT molecular complexity index is 640. The van der Waals surface area contributed by atoms with E-state index in [1.807, 2.05) is 0 Å². The van der Waals surface area contributed by atoms with Gasteiger partial charge in [0.25, 0.3) is 0 Å². The Balaban J connectivity index is 0.00000156. The lowest BCUT2D eigenvalue weighted by Crippen LogP contribution is -3.00. The van der Waals surface area contributed by atoms with Gasteiger partial charge in [-0.1, -0.05) is 54.6 Å². The molecule has 0 spiro atoms. The summed E-state index contributed by atoms with van der Waals surface area (Å²) in [4.78, 5) is 0. The normalized spacial score (nSPS) is 14.1. The summed E-state index contributed by atoms with van der Waals surface area (Å²) >= 11 is 0. The molecule has 1 fully saturated rings. The Labute approximate surface area is 149 Å². The third-order valence-electron chi connectivity index (χ3n) is 4.58. The maximum absolute atomic E-state index is 2.34. The van der Waals surface area contributed by atoms with Gasteiger partial charge in [0, 0.05) is 0 Å². The highest BCUT2D eigenvalue weighted by molar-refractivity contribution is 7.96. The van der Waals surface area contributed by atoms with Gasteiger partial charge in [-0.25, -0.2) is 0 Å². The largest absolute Gasteiger partial charge is 1.00 e. The van der Waals surface area contributed by atoms with Crippen molar-refractivity contribution in [2.45, 2.75) is 18.5 Å². The van der Waals surface area contributed by atoms with Crippen LogP contribution in [0.2, 0.25) is 0 Å². The second kappa shape index (κ2) is 6.99. The molecule has 0 amide bonds. The van der Waals surface area contributed by atoms with E-state index < -0.39 is 7.26 Å². The minimum atomic E-state index is -1.51. The lowest BCUT2D eigenvalue weighted by atomic mass is 10.4. The van der Waals surface area contributed by atoms with E-state index in [0.717, 1.165) is 5.66 Å². The summed E-state index contributed by atoms with van der Waals surface area (Å²) in [6.45, 7) is 0. The number of rotatable bonds is 4. The first-order valence-electron chi connectivity index (χ1n) is 7.98. The van der Waals surface area contributed by atoms with E-state index >= 15 is 0 Å². The van der Waals surface area contributed by atoms with E-state index in [9.17, 15) is 0 Å². The first-order valence-corrected chi connectivity index (χ1v) is 9.84. The standard InChI is InChI=1S/C21H20P.BrH/c1-4-10-18(11-5-1)22(21-16-17-21,19-12-6-2-7-13-19)20-14-8-3-9-15-20;/h1-15,21H,16-17H2;1H/q+1;/p-1. The zero-order valence-electron chi connectivity index (χ0n) is 13.0. The third-order valence-corrected chi connectivity index (χ3v) is 9.53. The van der Waals surface area contributed by atoms with Crippen LogP contribution in [-0.2, 0) is 0 Å². The molecule has 1 aliphatic rings. The Kier molecular flexibility index (Phi) is 4.99. The molecule has 0 nitrogen and oxygen atoms in total. The van der Waals surface area contributed by atoms with E-state index in [1.54, 1.807) is 0 Å². The molecule has 3 aromatic rings. The van der Waals surface area contributed by atoms with Gasteiger partial charge in [0.05, 0.1) is 5.66 Å². The van der Waals surface area contributed by atoms with Crippen molar-refractivity contribution in [1.82, 2.24) is 0 Å². The maximum Gasteiger partial charge on any atom is 0.115 e. The second-order valence-electron chi connectivity index (χ2n) is 5.96. The fourth-order valence-corrected chi connectivity index (χ4v) is 8.54. The molecule has 1 saturated carbocycles. The molecule has 4 rings (SSSR count). The molecule has 0 N–H and O–H groups in total. The first-order chi connectivity index (χ1) is 10.9. The summed E-state index contributed by atoms with van der Waals surface area (Å²) in [6.07, 6.45) is 2.71. The van der Waals surface area contributed by atoms with Crippen molar-refractivity contribution in [2.75, 3.05) is 0 Å². The van der Waals surface area contributed by atoms with E-state index in [-0.39, 0.29) is 17.0 Å². The Morgan fingerprint density at radius 1 is 0.522 bits per heavy atom. The molecule has 116 valence electrons. The van der Waals surface area contributed by atoms with Crippen molar-refractivity contribution in [3.05, 3.63) is 91.0 Å². The molecular weight excluding hydrogens is 363 g/mol. The fraction of sp³-hybridized carbons (Fsp3) is 0.143. The Morgan fingerprint density at radius 3 is 1.09 bits per heavy atom. The van der Waals surface area contributed by atoms with Crippen LogP contribution in [0, 0.1) is 0 Å². The van der Waals surface area contributed by atoms with Crippen molar-refractivity contribution in [1.29, 1.82) is 0 Å². The summed E-state index contributed by atoms with van der Waals surface area (Å²) in [5, 5.41) is 4.57. The van der Waals surface area contributed by atoms with Crippen LogP contribution in [-0.4, -0.2) is 5.66 Å². The zero-order chi connectivity index (χ0) is 14.8. The second-order valence-corrected chi connectivity index (χ2v) is 9.69. The van der Waals surface area contributed by atoms with Crippen LogP contribution in [0.25, 0.3) is 0 Å². The lowest BCUT2D eigenvalue weighted by molar-refractivity contribution is -0.00000420. The van der Waals surface area contributed by atoms with Crippen molar-refractivity contribution >= 4 is 23.2 Å². The quantitative estimate of drug-likeness (QED) is 0.593. The predicted molar refractivity (Wildman–Crippen MR) is 98.2 cm³/mol. The lowest BCUT2D eigenvalue weighted by Gasteiger charge is -2.27. The maximum atomic E-state index is 2.34. The van der Waals surface area contributed by atoms with Gasteiger partial charge in [-0.2, -0.15) is 0 Å². The number of hydrogen-bond donors (Lipinski definition) is 0. The highest BCUT2D eigenvalue weighted by Crippen LogP contribution is 2.67. The van der Waals surface area contributed by atoms with Crippen LogP contribution in [0.5, 0.6) is 0 Å². The molecule has 0 heterocycles. The van der Waals surface area contributed by atoms with Gasteiger partial charge in [0.1, 0.15) is 23.2 Å². The van der Waals surface area contributed by atoms with Crippen LogP contribution in [0.3, 0.4) is 0 Å². The first kappa shape index (κ1) is 16.4. The Morgan fingerprint density at radius 2 is 0.826 bits per heavy atom. The predicted octanol–water partition coefficient (Wildman–Crippen LogP) is 1.15. The van der Waals surface area contributed by atoms with Crippen LogP contribution in [0.1, 0.15) is 12.8 Å². The molecule has 0 saturated heterocycles. The van der Waals surface area contributed by atoms with Crippen LogP contribution in [0.4, 0.5) is 0 Å². The summed E-state index contributed by atoms with van der Waals surface area (Å²) in [5.74, 6) is 0. The van der Waals surface area contributed by atoms with E-state index in [2.05, 4.69) is 91.0 Å². The summed E-state index contributed by atoms with van der Waals surface area (Å²) < 4.78 is 0. The molecule has 0 aromatic heterocycles. The molecular formula is C21H20BrP. The van der Waals surface area contributed by atoms with Crippen molar-refractivity contribution in [2.24, 2.45) is 0 Å². The third kappa shape index (κ3) is 2.89. The van der Waals surface area contributed by atoms with E-state index in [0.29, 0.717) is 0 Å². The van der Waals surface area contributed by atoms with Gasteiger partial charge >= 0.3 is 0 Å². The van der Waals surface area contributed by atoms with Gasteiger partial charge in [0.15, 0.2) is 0 Å². The molecule has 0 radical (unpaired) electrons. The Hall–Kier alpha value is -1.43. The van der Waals surface area contributed by atoms with Crippen molar-refractivity contribution in [3.8, 4) is 0 Å². The molecule has 0 bridgehead atoms. The molecule has 2 heteroatoms.